The van der Waals surface area contributed by atoms with Crippen LogP contribution in [0.4, 0.5) is 0 Å². The lowest BCUT2D eigenvalue weighted by molar-refractivity contribution is -0.122. The summed E-state index contributed by atoms with van der Waals surface area (Å²) < 4.78 is 11.7. The van der Waals surface area contributed by atoms with Crippen molar-refractivity contribution >= 4 is 27.6 Å². The van der Waals surface area contributed by atoms with Gasteiger partial charge in [0, 0.05) is 34.5 Å². The standard InChI is InChI=1S/C23H22BrNO4/c1-28-20-8-5-14(11-21(20)29-2)15-9-18-23(19(26)10-15)17(12-22(27)25-18)13-3-6-16(24)7-4-13/h3-8,11,15,17H,9-10,12H2,1-2H3,(H,25,27)/t15-,17-/m0/s1. The van der Waals surface area contributed by atoms with Crippen molar-refractivity contribution in [3.05, 3.63) is 69.3 Å². The Labute approximate surface area is 178 Å². The minimum Gasteiger partial charge on any atom is -0.493 e. The Hall–Kier alpha value is -2.60. The number of benzene rings is 2. The molecule has 0 unspecified atom stereocenters. The van der Waals surface area contributed by atoms with E-state index in [-0.39, 0.29) is 23.5 Å². The van der Waals surface area contributed by atoms with Gasteiger partial charge >= 0.3 is 0 Å². The molecule has 1 N–H and O–H groups in total. The van der Waals surface area contributed by atoms with Crippen LogP contribution in [0.3, 0.4) is 0 Å². The van der Waals surface area contributed by atoms with E-state index in [0.717, 1.165) is 26.9 Å². The molecule has 6 heteroatoms. The molecule has 4 rings (SSSR count). The van der Waals surface area contributed by atoms with Gasteiger partial charge in [-0.1, -0.05) is 34.1 Å². The van der Waals surface area contributed by atoms with E-state index < -0.39 is 0 Å². The van der Waals surface area contributed by atoms with Gasteiger partial charge in [-0.25, -0.2) is 0 Å². The summed E-state index contributed by atoms with van der Waals surface area (Å²) in [6.45, 7) is 0. The van der Waals surface area contributed by atoms with E-state index in [1.807, 2.05) is 42.5 Å². The first-order chi connectivity index (χ1) is 14.0. The number of Topliss-reactive ketones (excluding diaryl/α,β-unsaturated/α-hetero) is 1. The van der Waals surface area contributed by atoms with Crippen LogP contribution in [-0.4, -0.2) is 25.9 Å². The van der Waals surface area contributed by atoms with Crippen molar-refractivity contribution < 1.29 is 19.1 Å². The average molecular weight is 456 g/mol. The van der Waals surface area contributed by atoms with Crippen LogP contribution in [0.25, 0.3) is 0 Å². The van der Waals surface area contributed by atoms with Gasteiger partial charge in [0.1, 0.15) is 0 Å². The zero-order valence-electron chi connectivity index (χ0n) is 16.3. The molecule has 5 nitrogen and oxygen atoms in total. The molecule has 2 aromatic rings. The second-order valence-electron chi connectivity index (χ2n) is 7.39. The van der Waals surface area contributed by atoms with E-state index in [1.54, 1.807) is 14.2 Å². The smallest absolute Gasteiger partial charge is 0.225 e. The van der Waals surface area contributed by atoms with Crippen LogP contribution in [0, 0.1) is 0 Å². The Morgan fingerprint density at radius 3 is 2.28 bits per heavy atom. The van der Waals surface area contributed by atoms with Crippen LogP contribution >= 0.6 is 15.9 Å². The lowest BCUT2D eigenvalue weighted by atomic mass is 9.73. The third-order valence-electron chi connectivity index (χ3n) is 5.69. The molecule has 29 heavy (non-hydrogen) atoms. The fraction of sp³-hybridized carbons (Fsp3) is 0.304. The van der Waals surface area contributed by atoms with Crippen molar-refractivity contribution in [1.29, 1.82) is 0 Å². The average Bonchev–Trinajstić information content (AvgIpc) is 2.72. The molecule has 1 aliphatic carbocycles. The number of carbonyl (C=O) groups excluding carboxylic acids is 2. The van der Waals surface area contributed by atoms with Gasteiger partial charge in [-0.3, -0.25) is 9.59 Å². The highest BCUT2D eigenvalue weighted by atomic mass is 79.9. The lowest BCUT2D eigenvalue weighted by Gasteiger charge is -2.34. The topological polar surface area (TPSA) is 64.6 Å². The molecule has 1 heterocycles. The second kappa shape index (κ2) is 8.03. The summed E-state index contributed by atoms with van der Waals surface area (Å²) >= 11 is 3.44. The molecule has 1 aliphatic heterocycles. The number of halogens is 1. The Morgan fingerprint density at radius 2 is 1.59 bits per heavy atom. The molecular formula is C23H22BrNO4. The Kier molecular flexibility index (Phi) is 5.46. The van der Waals surface area contributed by atoms with Gasteiger partial charge in [0.15, 0.2) is 17.3 Å². The van der Waals surface area contributed by atoms with Crippen molar-refractivity contribution in [2.75, 3.05) is 14.2 Å². The van der Waals surface area contributed by atoms with Crippen LogP contribution in [-0.2, 0) is 9.59 Å². The summed E-state index contributed by atoms with van der Waals surface area (Å²) in [5, 5.41) is 2.97. The molecule has 2 aromatic carbocycles. The molecular weight excluding hydrogens is 434 g/mol. The van der Waals surface area contributed by atoms with E-state index in [2.05, 4.69) is 21.2 Å². The van der Waals surface area contributed by atoms with Crippen molar-refractivity contribution in [3.63, 3.8) is 0 Å². The third kappa shape index (κ3) is 3.81. The predicted molar refractivity (Wildman–Crippen MR) is 113 cm³/mol. The van der Waals surface area contributed by atoms with E-state index in [9.17, 15) is 9.59 Å². The zero-order valence-corrected chi connectivity index (χ0v) is 17.9. The maximum absolute atomic E-state index is 13.2. The number of rotatable bonds is 4. The van der Waals surface area contributed by atoms with Crippen molar-refractivity contribution in [3.8, 4) is 11.5 Å². The molecule has 0 aromatic heterocycles. The maximum Gasteiger partial charge on any atom is 0.225 e. The number of ketones is 1. The largest absolute Gasteiger partial charge is 0.493 e. The van der Waals surface area contributed by atoms with Crippen LogP contribution in [0.1, 0.15) is 42.2 Å². The first kappa shape index (κ1) is 19.7. The highest BCUT2D eigenvalue weighted by molar-refractivity contribution is 9.10. The third-order valence-corrected chi connectivity index (χ3v) is 6.22. The van der Waals surface area contributed by atoms with E-state index in [0.29, 0.717) is 30.8 Å². The lowest BCUT2D eigenvalue weighted by Crippen LogP contribution is -2.38. The van der Waals surface area contributed by atoms with Gasteiger partial charge in [-0.15, -0.1) is 0 Å². The van der Waals surface area contributed by atoms with Crippen molar-refractivity contribution in [2.24, 2.45) is 0 Å². The van der Waals surface area contributed by atoms with Crippen LogP contribution in [0.5, 0.6) is 11.5 Å². The van der Waals surface area contributed by atoms with Crippen LogP contribution < -0.4 is 14.8 Å². The SMILES string of the molecule is COc1ccc([C@@H]2CC(=O)C3=C(C2)NC(=O)C[C@H]3c2ccc(Br)cc2)cc1OC. The Bertz CT molecular complexity index is 996. The summed E-state index contributed by atoms with van der Waals surface area (Å²) in [5.74, 6) is 1.14. The summed E-state index contributed by atoms with van der Waals surface area (Å²) in [7, 11) is 3.19. The molecule has 0 saturated heterocycles. The molecule has 0 spiro atoms. The van der Waals surface area contributed by atoms with Gasteiger partial charge in [0.2, 0.25) is 5.91 Å². The van der Waals surface area contributed by atoms with Gasteiger partial charge in [-0.05, 0) is 47.7 Å². The number of amides is 1. The molecule has 150 valence electrons. The predicted octanol–water partition coefficient (Wildman–Crippen LogP) is 4.47. The zero-order chi connectivity index (χ0) is 20.5. The maximum atomic E-state index is 13.2. The van der Waals surface area contributed by atoms with Gasteiger partial charge in [0.05, 0.1) is 14.2 Å². The normalized spacial score (nSPS) is 21.5. The van der Waals surface area contributed by atoms with Crippen LogP contribution in [0.2, 0.25) is 0 Å². The van der Waals surface area contributed by atoms with Crippen LogP contribution in [0.15, 0.2) is 58.2 Å². The summed E-state index contributed by atoms with van der Waals surface area (Å²) in [4.78, 5) is 25.6. The summed E-state index contributed by atoms with van der Waals surface area (Å²) in [5.41, 5.74) is 3.50. The van der Waals surface area contributed by atoms with Crippen molar-refractivity contribution in [1.82, 2.24) is 5.32 Å². The summed E-state index contributed by atoms with van der Waals surface area (Å²) in [6.07, 6.45) is 1.33. The van der Waals surface area contributed by atoms with E-state index in [1.165, 1.54) is 0 Å². The molecule has 0 saturated carbocycles. The van der Waals surface area contributed by atoms with E-state index >= 15 is 0 Å². The highest BCUT2D eigenvalue weighted by Gasteiger charge is 2.38. The Balaban J connectivity index is 1.68. The minimum atomic E-state index is -0.189. The summed E-state index contributed by atoms with van der Waals surface area (Å²) in [6, 6.07) is 13.6. The fourth-order valence-electron chi connectivity index (χ4n) is 4.28. The first-order valence-electron chi connectivity index (χ1n) is 9.53. The van der Waals surface area contributed by atoms with E-state index in [4.69, 9.17) is 9.47 Å². The number of carbonyl (C=O) groups is 2. The van der Waals surface area contributed by atoms with Gasteiger partial charge < -0.3 is 14.8 Å². The molecule has 0 radical (unpaired) electrons. The monoisotopic (exact) mass is 455 g/mol. The molecule has 0 fully saturated rings. The number of hydrogen-bond acceptors (Lipinski definition) is 4. The quantitative estimate of drug-likeness (QED) is 0.738. The van der Waals surface area contributed by atoms with Gasteiger partial charge in [-0.2, -0.15) is 0 Å². The Morgan fingerprint density at radius 1 is 0.897 bits per heavy atom. The number of allylic oxidation sites excluding steroid dienone is 2. The number of nitrogens with one attached hydrogen (secondary N) is 1. The van der Waals surface area contributed by atoms with Gasteiger partial charge in [0.25, 0.3) is 0 Å². The molecule has 1 amide bonds. The second-order valence-corrected chi connectivity index (χ2v) is 8.31. The molecule has 2 atom stereocenters. The fourth-order valence-corrected chi connectivity index (χ4v) is 4.55. The first-order valence-corrected chi connectivity index (χ1v) is 10.3. The number of ether oxygens (including phenoxy) is 2. The minimum absolute atomic E-state index is 0.00924. The molecule has 2 aliphatic rings. The molecule has 0 bridgehead atoms. The highest BCUT2D eigenvalue weighted by Crippen LogP contribution is 2.43. The number of hydrogen-bond donors (Lipinski definition) is 1. The van der Waals surface area contributed by atoms with Crippen molar-refractivity contribution in [2.45, 2.75) is 31.1 Å². The number of methoxy groups -OCH3 is 2.